The summed E-state index contributed by atoms with van der Waals surface area (Å²) in [5.74, 6) is 0.923. The smallest absolute Gasteiger partial charge is 0.261 e. The SMILES string of the molecule is CS(=O)(=O)O.Cn1nc2ccc(-c3c[nH]c4nc(N5C6CCC5CC(N)C6)cnc34)c(Cl)c2c1Cl. The molecule has 2 bridgehead atoms. The third kappa shape index (κ3) is 4.58. The van der Waals surface area contributed by atoms with Crippen LogP contribution in [0, 0.1) is 0 Å². The van der Waals surface area contributed by atoms with Gasteiger partial charge in [-0.2, -0.15) is 13.5 Å². The van der Waals surface area contributed by atoms with Gasteiger partial charge >= 0.3 is 0 Å². The molecule has 0 radical (unpaired) electrons. The number of piperidine rings is 1. The van der Waals surface area contributed by atoms with Crippen molar-refractivity contribution < 1.29 is 13.0 Å². The lowest BCUT2D eigenvalue weighted by molar-refractivity contribution is 0.412. The molecule has 2 unspecified atom stereocenters. The van der Waals surface area contributed by atoms with E-state index in [1.807, 2.05) is 24.5 Å². The minimum Gasteiger partial charge on any atom is -0.349 e. The Hall–Kier alpha value is -2.44. The lowest BCUT2D eigenvalue weighted by atomic mass is 9.98. The van der Waals surface area contributed by atoms with Crippen LogP contribution in [0.5, 0.6) is 0 Å². The molecule has 0 aliphatic carbocycles. The first-order chi connectivity index (χ1) is 16.5. The number of nitrogens with zero attached hydrogens (tertiary/aromatic N) is 5. The second kappa shape index (κ2) is 8.90. The number of hydrogen-bond acceptors (Lipinski definition) is 7. The van der Waals surface area contributed by atoms with Gasteiger partial charge in [0.2, 0.25) is 0 Å². The van der Waals surface area contributed by atoms with E-state index in [1.165, 1.54) is 12.8 Å². The number of nitrogens with one attached hydrogen (secondary N) is 1. The van der Waals surface area contributed by atoms with Gasteiger partial charge in [-0.05, 0) is 31.7 Å². The Kier molecular flexibility index (Phi) is 6.17. The summed E-state index contributed by atoms with van der Waals surface area (Å²) in [5.41, 5.74) is 10.3. The van der Waals surface area contributed by atoms with Gasteiger partial charge in [0.1, 0.15) is 16.5 Å². The van der Waals surface area contributed by atoms with Gasteiger partial charge in [-0.3, -0.25) is 9.23 Å². The molecule has 2 saturated heterocycles. The first kappa shape index (κ1) is 24.3. The van der Waals surface area contributed by atoms with E-state index in [9.17, 15) is 8.42 Å². The Labute approximate surface area is 212 Å². The highest BCUT2D eigenvalue weighted by molar-refractivity contribution is 7.85. The average Bonchev–Trinajstić information content (AvgIpc) is 3.39. The van der Waals surface area contributed by atoms with Crippen LogP contribution < -0.4 is 10.6 Å². The minimum atomic E-state index is -3.67. The summed E-state index contributed by atoms with van der Waals surface area (Å²) >= 11 is 13.2. The summed E-state index contributed by atoms with van der Waals surface area (Å²) in [5, 5.41) is 6.23. The Bertz CT molecular complexity index is 1510. The van der Waals surface area contributed by atoms with Crippen LogP contribution in [-0.2, 0) is 17.2 Å². The largest absolute Gasteiger partial charge is 0.349 e. The van der Waals surface area contributed by atoms with Crippen molar-refractivity contribution in [3.05, 3.63) is 34.7 Å². The number of aromatic nitrogens is 5. The highest BCUT2D eigenvalue weighted by Crippen LogP contribution is 2.41. The Morgan fingerprint density at radius 1 is 1.17 bits per heavy atom. The third-order valence-electron chi connectivity index (χ3n) is 6.56. The van der Waals surface area contributed by atoms with Gasteiger partial charge in [-0.1, -0.05) is 29.3 Å². The molecule has 1 aromatic carbocycles. The molecular formula is C22H25Cl2N7O3S. The third-order valence-corrected chi connectivity index (χ3v) is 7.39. The Morgan fingerprint density at radius 3 is 2.49 bits per heavy atom. The molecule has 2 fully saturated rings. The predicted molar refractivity (Wildman–Crippen MR) is 138 cm³/mol. The molecule has 3 aromatic heterocycles. The number of aryl methyl sites for hydroxylation is 1. The van der Waals surface area contributed by atoms with Gasteiger partial charge in [0.25, 0.3) is 10.1 Å². The molecule has 0 saturated carbocycles. The zero-order valence-electron chi connectivity index (χ0n) is 19.1. The summed E-state index contributed by atoms with van der Waals surface area (Å²) in [6, 6.07) is 5.11. The van der Waals surface area contributed by atoms with Crippen molar-refractivity contribution in [1.82, 2.24) is 24.7 Å². The van der Waals surface area contributed by atoms with Crippen molar-refractivity contribution >= 4 is 61.2 Å². The van der Waals surface area contributed by atoms with Gasteiger partial charge in [-0.25, -0.2) is 9.97 Å². The molecular weight excluding hydrogens is 513 g/mol. The summed E-state index contributed by atoms with van der Waals surface area (Å²) in [6.45, 7) is 0. The van der Waals surface area contributed by atoms with Gasteiger partial charge in [0.05, 0.1) is 28.4 Å². The maximum Gasteiger partial charge on any atom is 0.261 e. The Morgan fingerprint density at radius 2 is 1.83 bits per heavy atom. The van der Waals surface area contributed by atoms with Crippen LogP contribution in [0.15, 0.2) is 24.5 Å². The van der Waals surface area contributed by atoms with E-state index in [1.54, 1.807) is 11.7 Å². The molecule has 0 spiro atoms. The molecule has 35 heavy (non-hydrogen) atoms. The van der Waals surface area contributed by atoms with Gasteiger partial charge in [-0.15, -0.1) is 0 Å². The van der Waals surface area contributed by atoms with Crippen molar-refractivity contribution in [2.45, 2.75) is 43.8 Å². The number of rotatable bonds is 2. The number of anilines is 1. The summed E-state index contributed by atoms with van der Waals surface area (Å²) in [6.07, 6.45) is 8.90. The van der Waals surface area contributed by atoms with Crippen molar-refractivity contribution in [2.24, 2.45) is 12.8 Å². The quantitative estimate of drug-likeness (QED) is 0.327. The lowest BCUT2D eigenvalue weighted by Gasteiger charge is -2.38. The van der Waals surface area contributed by atoms with Crippen molar-refractivity contribution in [2.75, 3.05) is 11.2 Å². The van der Waals surface area contributed by atoms with E-state index in [4.69, 9.17) is 43.5 Å². The fraction of sp³-hybridized carbons (Fsp3) is 0.409. The molecule has 2 atom stereocenters. The topological polar surface area (TPSA) is 143 Å². The monoisotopic (exact) mass is 537 g/mol. The van der Waals surface area contributed by atoms with Crippen LogP contribution in [-0.4, -0.2) is 62.1 Å². The molecule has 4 aromatic rings. The van der Waals surface area contributed by atoms with Crippen LogP contribution in [0.2, 0.25) is 10.2 Å². The highest BCUT2D eigenvalue weighted by Gasteiger charge is 2.40. The van der Waals surface area contributed by atoms with Gasteiger partial charge in [0.15, 0.2) is 5.65 Å². The van der Waals surface area contributed by atoms with E-state index >= 15 is 0 Å². The first-order valence-electron chi connectivity index (χ1n) is 11.1. The number of aromatic amines is 1. The maximum atomic E-state index is 9.19. The zero-order valence-corrected chi connectivity index (χ0v) is 21.4. The van der Waals surface area contributed by atoms with Crippen LogP contribution in [0.1, 0.15) is 25.7 Å². The maximum absolute atomic E-state index is 9.19. The number of hydrogen-bond donors (Lipinski definition) is 3. The molecule has 4 N–H and O–H groups in total. The second-order valence-electron chi connectivity index (χ2n) is 9.12. The van der Waals surface area contributed by atoms with Crippen LogP contribution in [0.25, 0.3) is 33.2 Å². The zero-order chi connectivity index (χ0) is 25.1. The van der Waals surface area contributed by atoms with E-state index in [-0.39, 0.29) is 0 Å². The standard InChI is InChI=1S/C21H21Cl2N7.CH4O3S/c1-29-20(23)17-15(28-29)5-4-13(18(17)22)14-8-26-21-19(14)25-9-16(27-21)30-11-2-3-12(30)7-10(24)6-11;1-5(2,3)4/h4-5,8-12H,2-3,6-7,24H2,1H3,(H,26,27);1H3,(H,2,3,4). The van der Waals surface area contributed by atoms with Gasteiger partial charge in [0, 0.05) is 42.5 Å². The van der Waals surface area contributed by atoms with Crippen LogP contribution >= 0.6 is 23.2 Å². The van der Waals surface area contributed by atoms with E-state index < -0.39 is 10.1 Å². The fourth-order valence-electron chi connectivity index (χ4n) is 5.23. The summed E-state index contributed by atoms with van der Waals surface area (Å²) < 4.78 is 27.5. The summed E-state index contributed by atoms with van der Waals surface area (Å²) in [7, 11) is -1.86. The fourth-order valence-corrected chi connectivity index (χ4v) is 5.86. The predicted octanol–water partition coefficient (Wildman–Crippen LogP) is 3.78. The van der Waals surface area contributed by atoms with E-state index in [2.05, 4.69) is 15.0 Å². The first-order valence-corrected chi connectivity index (χ1v) is 13.7. The molecule has 10 nitrogen and oxygen atoms in total. The summed E-state index contributed by atoms with van der Waals surface area (Å²) in [4.78, 5) is 15.4. The van der Waals surface area contributed by atoms with Gasteiger partial charge < -0.3 is 15.6 Å². The molecule has 2 aliphatic heterocycles. The van der Waals surface area contributed by atoms with E-state index in [0.29, 0.717) is 34.6 Å². The molecule has 2 aliphatic rings. The van der Waals surface area contributed by atoms with Crippen molar-refractivity contribution in [3.8, 4) is 11.1 Å². The normalized spacial score (nSPS) is 22.0. The molecule has 0 amide bonds. The number of halogens is 2. The molecule has 13 heteroatoms. The molecule has 5 heterocycles. The number of fused-ring (bicyclic) bond motifs is 4. The Balaban J connectivity index is 0.000000464. The second-order valence-corrected chi connectivity index (χ2v) is 11.3. The molecule has 6 rings (SSSR count). The van der Waals surface area contributed by atoms with Crippen LogP contribution in [0.4, 0.5) is 5.82 Å². The minimum absolute atomic E-state index is 0.295. The van der Waals surface area contributed by atoms with E-state index in [0.717, 1.165) is 51.9 Å². The van der Waals surface area contributed by atoms with Crippen LogP contribution in [0.3, 0.4) is 0 Å². The number of benzene rings is 1. The highest BCUT2D eigenvalue weighted by atomic mass is 35.5. The van der Waals surface area contributed by atoms with Crippen molar-refractivity contribution in [1.29, 1.82) is 0 Å². The lowest BCUT2D eigenvalue weighted by Crippen LogP contribution is -2.47. The van der Waals surface area contributed by atoms with Crippen molar-refractivity contribution in [3.63, 3.8) is 0 Å². The average molecular weight is 538 g/mol. The number of H-pyrrole nitrogens is 1. The molecule has 186 valence electrons. The number of nitrogens with two attached hydrogens (primary N) is 1.